The molecule has 0 heterocycles. The van der Waals surface area contributed by atoms with E-state index in [1.807, 2.05) is 6.07 Å². The maximum absolute atomic E-state index is 13.5. The third-order valence-corrected chi connectivity index (χ3v) is 3.15. The van der Waals surface area contributed by atoms with Gasteiger partial charge in [0.2, 0.25) is 0 Å². The minimum absolute atomic E-state index is 0.249. The molecule has 1 aliphatic rings. The predicted molar refractivity (Wildman–Crippen MR) is 54.9 cm³/mol. The van der Waals surface area contributed by atoms with Crippen molar-refractivity contribution in [3.63, 3.8) is 0 Å². The van der Waals surface area contributed by atoms with Crippen LogP contribution in [0.3, 0.4) is 0 Å². The summed E-state index contributed by atoms with van der Waals surface area (Å²) in [5, 5.41) is 0. The van der Waals surface area contributed by atoms with Gasteiger partial charge in [-0.15, -0.1) is 0 Å². The Bertz CT molecular complexity index is 334. The molecular weight excluding hydrogens is 233 g/mol. The lowest BCUT2D eigenvalue weighted by Crippen LogP contribution is -1.99. The van der Waals surface area contributed by atoms with Crippen molar-refractivity contribution in [3.8, 4) is 0 Å². The Morgan fingerprint density at radius 3 is 2.77 bits per heavy atom. The summed E-state index contributed by atoms with van der Waals surface area (Å²) < 4.78 is 14.3. The van der Waals surface area contributed by atoms with Crippen LogP contribution in [0.2, 0.25) is 0 Å². The number of halogens is 2. The normalized spacial score (nSPS) is 16.2. The SMILES string of the molecule is Nc1ccc(Br)c(CC2CC2)c1F. The lowest BCUT2D eigenvalue weighted by Gasteiger charge is -2.06. The molecule has 1 aromatic rings. The lowest BCUT2D eigenvalue weighted by molar-refractivity contribution is 0.605. The van der Waals surface area contributed by atoms with E-state index in [2.05, 4.69) is 15.9 Å². The predicted octanol–water partition coefficient (Wildman–Crippen LogP) is 3.12. The number of hydrogen-bond acceptors (Lipinski definition) is 1. The minimum atomic E-state index is -0.249. The summed E-state index contributed by atoms with van der Waals surface area (Å²) in [7, 11) is 0. The van der Waals surface area contributed by atoms with E-state index in [0.29, 0.717) is 5.92 Å². The molecule has 2 N–H and O–H groups in total. The molecule has 1 saturated carbocycles. The standard InChI is InChI=1S/C10H11BrFN/c11-8-3-4-9(13)10(12)7(8)5-6-1-2-6/h3-4,6H,1-2,5,13H2. The van der Waals surface area contributed by atoms with Crippen molar-refractivity contribution in [2.24, 2.45) is 5.92 Å². The first-order valence-corrected chi connectivity index (χ1v) is 5.20. The second kappa shape index (κ2) is 3.29. The average molecular weight is 244 g/mol. The zero-order chi connectivity index (χ0) is 9.42. The fraction of sp³-hybridized carbons (Fsp3) is 0.400. The van der Waals surface area contributed by atoms with Crippen molar-refractivity contribution in [3.05, 3.63) is 28.0 Å². The fourth-order valence-corrected chi connectivity index (χ4v) is 1.88. The Balaban J connectivity index is 2.34. The van der Waals surface area contributed by atoms with Crippen LogP contribution in [-0.2, 0) is 6.42 Å². The molecule has 0 spiro atoms. The van der Waals surface area contributed by atoms with Gasteiger partial charge in [0.25, 0.3) is 0 Å². The number of nitrogens with two attached hydrogens (primary N) is 1. The van der Waals surface area contributed by atoms with Crippen LogP contribution in [-0.4, -0.2) is 0 Å². The molecule has 0 saturated heterocycles. The molecule has 0 bridgehead atoms. The molecule has 13 heavy (non-hydrogen) atoms. The van der Waals surface area contributed by atoms with E-state index < -0.39 is 0 Å². The second-order valence-corrected chi connectivity index (χ2v) is 4.43. The monoisotopic (exact) mass is 243 g/mol. The highest BCUT2D eigenvalue weighted by molar-refractivity contribution is 9.10. The van der Waals surface area contributed by atoms with Gasteiger partial charge in [-0.1, -0.05) is 15.9 Å². The molecule has 1 aromatic carbocycles. The van der Waals surface area contributed by atoms with Crippen LogP contribution in [0.4, 0.5) is 10.1 Å². The number of hydrogen-bond donors (Lipinski definition) is 1. The van der Waals surface area contributed by atoms with Crippen molar-refractivity contribution in [2.45, 2.75) is 19.3 Å². The summed E-state index contributed by atoms with van der Waals surface area (Å²) in [5.74, 6) is 0.425. The quantitative estimate of drug-likeness (QED) is 0.794. The zero-order valence-electron chi connectivity index (χ0n) is 7.19. The van der Waals surface area contributed by atoms with Gasteiger partial charge in [0, 0.05) is 10.0 Å². The Kier molecular flexibility index (Phi) is 2.28. The van der Waals surface area contributed by atoms with E-state index in [1.54, 1.807) is 6.07 Å². The Hall–Kier alpha value is -0.570. The van der Waals surface area contributed by atoms with Crippen LogP contribution < -0.4 is 5.73 Å². The van der Waals surface area contributed by atoms with Crippen LogP contribution in [0.25, 0.3) is 0 Å². The summed E-state index contributed by atoms with van der Waals surface area (Å²) in [6.45, 7) is 0. The number of nitrogen functional groups attached to an aromatic ring is 1. The molecule has 0 aromatic heterocycles. The highest BCUT2D eigenvalue weighted by Crippen LogP contribution is 2.36. The van der Waals surface area contributed by atoms with E-state index in [9.17, 15) is 4.39 Å². The van der Waals surface area contributed by atoms with Crippen molar-refractivity contribution in [1.82, 2.24) is 0 Å². The largest absolute Gasteiger partial charge is 0.396 e. The summed E-state index contributed by atoms with van der Waals surface area (Å²) in [6, 6.07) is 3.41. The molecule has 3 heteroatoms. The molecule has 2 rings (SSSR count). The van der Waals surface area contributed by atoms with E-state index in [0.717, 1.165) is 16.5 Å². The Labute approximate surface area is 85.3 Å². The molecule has 0 radical (unpaired) electrons. The van der Waals surface area contributed by atoms with Gasteiger partial charge >= 0.3 is 0 Å². The van der Waals surface area contributed by atoms with E-state index in [-0.39, 0.29) is 11.5 Å². The van der Waals surface area contributed by atoms with E-state index in [1.165, 1.54) is 12.8 Å². The highest BCUT2D eigenvalue weighted by Gasteiger charge is 2.24. The van der Waals surface area contributed by atoms with Crippen LogP contribution >= 0.6 is 15.9 Å². The molecule has 0 amide bonds. The molecule has 0 aliphatic heterocycles. The number of anilines is 1. The van der Waals surface area contributed by atoms with Gasteiger partial charge in [-0.05, 0) is 37.3 Å². The molecule has 1 nitrogen and oxygen atoms in total. The van der Waals surface area contributed by atoms with Crippen molar-refractivity contribution >= 4 is 21.6 Å². The zero-order valence-corrected chi connectivity index (χ0v) is 8.77. The first-order valence-electron chi connectivity index (χ1n) is 4.41. The summed E-state index contributed by atoms with van der Waals surface area (Å²) >= 11 is 3.34. The summed E-state index contributed by atoms with van der Waals surface area (Å²) in [4.78, 5) is 0. The van der Waals surface area contributed by atoms with Crippen molar-refractivity contribution < 1.29 is 4.39 Å². The van der Waals surface area contributed by atoms with Crippen LogP contribution in [0.15, 0.2) is 16.6 Å². The first kappa shape index (κ1) is 9.00. The topological polar surface area (TPSA) is 26.0 Å². The first-order chi connectivity index (χ1) is 6.18. The molecule has 0 atom stereocenters. The Morgan fingerprint density at radius 2 is 2.15 bits per heavy atom. The fourth-order valence-electron chi connectivity index (χ4n) is 1.41. The van der Waals surface area contributed by atoms with Gasteiger partial charge < -0.3 is 5.73 Å². The minimum Gasteiger partial charge on any atom is -0.396 e. The van der Waals surface area contributed by atoms with Gasteiger partial charge in [0.15, 0.2) is 0 Å². The molecule has 70 valence electrons. The van der Waals surface area contributed by atoms with Crippen LogP contribution in [0.1, 0.15) is 18.4 Å². The number of rotatable bonds is 2. The maximum atomic E-state index is 13.5. The smallest absolute Gasteiger partial charge is 0.150 e. The van der Waals surface area contributed by atoms with E-state index in [4.69, 9.17) is 5.73 Å². The Morgan fingerprint density at radius 1 is 1.46 bits per heavy atom. The average Bonchev–Trinajstić information content (AvgIpc) is 2.89. The molecular formula is C10H11BrFN. The van der Waals surface area contributed by atoms with Gasteiger partial charge in [-0.25, -0.2) is 4.39 Å². The van der Waals surface area contributed by atoms with Crippen molar-refractivity contribution in [2.75, 3.05) is 5.73 Å². The lowest BCUT2D eigenvalue weighted by atomic mass is 10.1. The van der Waals surface area contributed by atoms with Crippen LogP contribution in [0, 0.1) is 11.7 Å². The summed E-state index contributed by atoms with van der Waals surface area (Å²) in [5.41, 5.74) is 6.48. The third-order valence-electron chi connectivity index (χ3n) is 2.41. The maximum Gasteiger partial charge on any atom is 0.150 e. The van der Waals surface area contributed by atoms with Gasteiger partial charge in [-0.3, -0.25) is 0 Å². The molecule has 1 aliphatic carbocycles. The van der Waals surface area contributed by atoms with Gasteiger partial charge in [-0.2, -0.15) is 0 Å². The van der Waals surface area contributed by atoms with E-state index >= 15 is 0 Å². The van der Waals surface area contributed by atoms with Crippen LogP contribution in [0.5, 0.6) is 0 Å². The van der Waals surface area contributed by atoms with Crippen molar-refractivity contribution in [1.29, 1.82) is 0 Å². The highest BCUT2D eigenvalue weighted by atomic mass is 79.9. The summed E-state index contributed by atoms with van der Waals surface area (Å²) in [6.07, 6.45) is 3.26. The second-order valence-electron chi connectivity index (χ2n) is 3.58. The third kappa shape index (κ3) is 1.85. The molecule has 0 unspecified atom stereocenters. The van der Waals surface area contributed by atoms with Gasteiger partial charge in [0.05, 0.1) is 5.69 Å². The number of benzene rings is 1. The van der Waals surface area contributed by atoms with Gasteiger partial charge in [0.1, 0.15) is 5.82 Å². The molecule has 1 fully saturated rings.